The summed E-state index contributed by atoms with van der Waals surface area (Å²) in [5.41, 5.74) is 0. The minimum absolute atomic E-state index is 0.186. The number of hydrogen-bond acceptors (Lipinski definition) is 4. The van der Waals surface area contributed by atoms with E-state index in [9.17, 15) is 4.79 Å². The van der Waals surface area contributed by atoms with Crippen molar-refractivity contribution >= 4 is 5.97 Å². The maximum Gasteiger partial charge on any atom is 0.325 e. The standard InChI is InChI=1S/C8H17NO3/c1-4-9(5-2)7(6-10)8(11)12-3/h7,10H,4-6H2,1-3H3/t7-/m1/s1. The van der Waals surface area contributed by atoms with Crippen LogP contribution in [-0.2, 0) is 9.53 Å². The molecule has 0 aliphatic heterocycles. The van der Waals surface area contributed by atoms with E-state index in [1.807, 2.05) is 18.7 Å². The lowest BCUT2D eigenvalue weighted by Gasteiger charge is -2.25. The second kappa shape index (κ2) is 5.97. The molecule has 0 radical (unpaired) electrons. The Hall–Kier alpha value is -0.610. The average molecular weight is 175 g/mol. The largest absolute Gasteiger partial charge is 0.468 e. The summed E-state index contributed by atoms with van der Waals surface area (Å²) in [5, 5.41) is 8.92. The van der Waals surface area contributed by atoms with Gasteiger partial charge in [-0.25, -0.2) is 0 Å². The third-order valence-corrected chi connectivity index (χ3v) is 1.90. The lowest BCUT2D eigenvalue weighted by Crippen LogP contribution is -2.44. The van der Waals surface area contributed by atoms with E-state index < -0.39 is 6.04 Å². The normalized spacial score (nSPS) is 13.1. The van der Waals surface area contributed by atoms with Gasteiger partial charge >= 0.3 is 5.97 Å². The van der Waals surface area contributed by atoms with Crippen LogP contribution in [0.15, 0.2) is 0 Å². The van der Waals surface area contributed by atoms with Gasteiger partial charge in [0.05, 0.1) is 13.7 Å². The molecule has 0 saturated heterocycles. The number of esters is 1. The quantitative estimate of drug-likeness (QED) is 0.591. The third kappa shape index (κ3) is 2.79. The first kappa shape index (κ1) is 11.4. The van der Waals surface area contributed by atoms with Crippen LogP contribution in [0.2, 0.25) is 0 Å². The zero-order chi connectivity index (χ0) is 9.56. The second-order valence-electron chi connectivity index (χ2n) is 2.44. The van der Waals surface area contributed by atoms with Crippen LogP contribution in [-0.4, -0.2) is 48.8 Å². The van der Waals surface area contributed by atoms with Crippen LogP contribution in [0.5, 0.6) is 0 Å². The minimum Gasteiger partial charge on any atom is -0.468 e. The van der Waals surface area contributed by atoms with Crippen molar-refractivity contribution in [3.63, 3.8) is 0 Å². The Kier molecular flexibility index (Phi) is 5.66. The molecule has 4 nitrogen and oxygen atoms in total. The molecule has 1 atom stereocenters. The van der Waals surface area contributed by atoms with Gasteiger partial charge in [0.15, 0.2) is 0 Å². The number of nitrogens with zero attached hydrogens (tertiary/aromatic N) is 1. The molecule has 1 N–H and O–H groups in total. The zero-order valence-electron chi connectivity index (χ0n) is 7.91. The van der Waals surface area contributed by atoms with E-state index in [1.165, 1.54) is 7.11 Å². The molecule has 4 heteroatoms. The molecule has 0 unspecified atom stereocenters. The Morgan fingerprint density at radius 3 is 2.25 bits per heavy atom. The highest BCUT2D eigenvalue weighted by atomic mass is 16.5. The summed E-state index contributed by atoms with van der Waals surface area (Å²) < 4.78 is 4.55. The van der Waals surface area contributed by atoms with Gasteiger partial charge in [0.25, 0.3) is 0 Å². The fourth-order valence-electron chi connectivity index (χ4n) is 1.14. The van der Waals surface area contributed by atoms with E-state index in [1.54, 1.807) is 0 Å². The Labute approximate surface area is 73.1 Å². The van der Waals surface area contributed by atoms with Crippen molar-refractivity contribution in [3.05, 3.63) is 0 Å². The van der Waals surface area contributed by atoms with Crippen molar-refractivity contribution in [2.45, 2.75) is 19.9 Å². The molecule has 0 saturated carbocycles. The molecule has 0 aromatic rings. The van der Waals surface area contributed by atoms with Crippen LogP contribution in [0.3, 0.4) is 0 Å². The molecule has 0 fully saturated rings. The highest BCUT2D eigenvalue weighted by molar-refractivity contribution is 5.75. The van der Waals surface area contributed by atoms with Gasteiger partial charge in [-0.2, -0.15) is 0 Å². The number of rotatable bonds is 5. The number of aliphatic hydroxyl groups excluding tert-OH is 1. The monoisotopic (exact) mass is 175 g/mol. The summed E-state index contributed by atoms with van der Waals surface area (Å²) in [5.74, 6) is -0.374. The molecule has 0 amide bonds. The average Bonchev–Trinajstić information content (AvgIpc) is 2.12. The Morgan fingerprint density at radius 2 is 2.00 bits per heavy atom. The fourth-order valence-corrected chi connectivity index (χ4v) is 1.14. The second-order valence-corrected chi connectivity index (χ2v) is 2.44. The predicted molar refractivity (Wildman–Crippen MR) is 45.8 cm³/mol. The minimum atomic E-state index is -0.509. The van der Waals surface area contributed by atoms with Crippen molar-refractivity contribution in [2.75, 3.05) is 26.8 Å². The summed E-state index contributed by atoms with van der Waals surface area (Å²) >= 11 is 0. The fraction of sp³-hybridized carbons (Fsp3) is 0.875. The summed E-state index contributed by atoms with van der Waals surface area (Å²) in [6, 6.07) is -0.509. The van der Waals surface area contributed by atoms with E-state index in [0.29, 0.717) is 0 Å². The summed E-state index contributed by atoms with van der Waals surface area (Å²) in [4.78, 5) is 12.9. The van der Waals surface area contributed by atoms with E-state index in [4.69, 9.17) is 5.11 Å². The number of hydrogen-bond donors (Lipinski definition) is 1. The van der Waals surface area contributed by atoms with E-state index in [2.05, 4.69) is 4.74 Å². The molecule has 0 aliphatic rings. The lowest BCUT2D eigenvalue weighted by atomic mass is 10.2. The van der Waals surface area contributed by atoms with Crippen LogP contribution >= 0.6 is 0 Å². The molecule has 0 aromatic heterocycles. The summed E-state index contributed by atoms with van der Waals surface area (Å²) in [7, 11) is 1.33. The topological polar surface area (TPSA) is 49.8 Å². The predicted octanol–water partition coefficient (Wildman–Crippen LogP) is -0.138. The van der Waals surface area contributed by atoms with Gasteiger partial charge in [-0.1, -0.05) is 13.8 Å². The maximum atomic E-state index is 11.1. The van der Waals surface area contributed by atoms with Crippen molar-refractivity contribution in [1.82, 2.24) is 4.90 Å². The summed E-state index contributed by atoms with van der Waals surface area (Å²) in [6.07, 6.45) is 0. The van der Waals surface area contributed by atoms with Crippen LogP contribution in [0.1, 0.15) is 13.8 Å². The number of carbonyl (C=O) groups is 1. The Bertz CT molecular complexity index is 134. The number of likely N-dealkylation sites (N-methyl/N-ethyl adjacent to an activating group) is 1. The first-order chi connectivity index (χ1) is 5.71. The van der Waals surface area contributed by atoms with Crippen molar-refractivity contribution < 1.29 is 14.6 Å². The van der Waals surface area contributed by atoms with E-state index in [-0.39, 0.29) is 12.6 Å². The third-order valence-electron chi connectivity index (χ3n) is 1.90. The van der Waals surface area contributed by atoms with Crippen molar-refractivity contribution in [3.8, 4) is 0 Å². The van der Waals surface area contributed by atoms with Crippen LogP contribution in [0.25, 0.3) is 0 Å². The van der Waals surface area contributed by atoms with Gasteiger partial charge in [-0.05, 0) is 13.1 Å². The zero-order valence-corrected chi connectivity index (χ0v) is 7.91. The molecule has 0 spiro atoms. The lowest BCUT2D eigenvalue weighted by molar-refractivity contribution is -0.148. The molecule has 12 heavy (non-hydrogen) atoms. The van der Waals surface area contributed by atoms with Gasteiger partial charge in [0, 0.05) is 0 Å². The Morgan fingerprint density at radius 1 is 1.50 bits per heavy atom. The molecule has 72 valence electrons. The van der Waals surface area contributed by atoms with Gasteiger partial charge in [-0.3, -0.25) is 9.69 Å². The molecule has 0 aliphatic carbocycles. The first-order valence-electron chi connectivity index (χ1n) is 4.13. The van der Waals surface area contributed by atoms with Crippen LogP contribution in [0, 0.1) is 0 Å². The van der Waals surface area contributed by atoms with Gasteiger partial charge in [-0.15, -0.1) is 0 Å². The molecular formula is C8H17NO3. The number of ether oxygens (including phenoxy) is 1. The molecule has 0 aromatic carbocycles. The first-order valence-corrected chi connectivity index (χ1v) is 4.13. The number of carbonyl (C=O) groups excluding carboxylic acids is 1. The van der Waals surface area contributed by atoms with Gasteiger partial charge < -0.3 is 9.84 Å². The van der Waals surface area contributed by atoms with Gasteiger partial charge in [0.2, 0.25) is 0 Å². The summed E-state index contributed by atoms with van der Waals surface area (Å²) in [6.45, 7) is 5.16. The smallest absolute Gasteiger partial charge is 0.325 e. The SMILES string of the molecule is CCN(CC)[C@H](CO)C(=O)OC. The van der Waals surface area contributed by atoms with E-state index in [0.717, 1.165) is 13.1 Å². The molecule has 0 bridgehead atoms. The van der Waals surface area contributed by atoms with Gasteiger partial charge in [0.1, 0.15) is 6.04 Å². The molecular weight excluding hydrogens is 158 g/mol. The van der Waals surface area contributed by atoms with Crippen molar-refractivity contribution in [1.29, 1.82) is 0 Å². The maximum absolute atomic E-state index is 11.1. The highest BCUT2D eigenvalue weighted by Crippen LogP contribution is 1.99. The highest BCUT2D eigenvalue weighted by Gasteiger charge is 2.23. The number of methoxy groups -OCH3 is 1. The molecule has 0 rings (SSSR count). The Balaban J connectivity index is 4.19. The molecule has 0 heterocycles. The van der Waals surface area contributed by atoms with Crippen LogP contribution < -0.4 is 0 Å². The van der Waals surface area contributed by atoms with E-state index >= 15 is 0 Å². The van der Waals surface area contributed by atoms with Crippen molar-refractivity contribution in [2.24, 2.45) is 0 Å². The number of aliphatic hydroxyl groups is 1. The van der Waals surface area contributed by atoms with Crippen LogP contribution in [0.4, 0.5) is 0 Å².